The molecule has 2 aromatic carbocycles. The summed E-state index contributed by atoms with van der Waals surface area (Å²) in [6, 6.07) is 15.8. The lowest BCUT2D eigenvalue weighted by Gasteiger charge is -2.08. The molecular formula is C13H9BrN2OS. The van der Waals surface area contributed by atoms with E-state index in [1.807, 2.05) is 6.07 Å². The summed E-state index contributed by atoms with van der Waals surface area (Å²) in [6.45, 7) is 0. The molecule has 3 nitrogen and oxygen atoms in total. The molecule has 18 heavy (non-hydrogen) atoms. The molecule has 0 saturated heterocycles. The highest BCUT2D eigenvalue weighted by molar-refractivity contribution is 9.10. The number of nitriles is 1. The van der Waals surface area contributed by atoms with Gasteiger partial charge in [0.15, 0.2) is 0 Å². The highest BCUT2D eigenvalue weighted by Crippen LogP contribution is 2.24. The number of nitrogens with zero attached hydrogens (tertiary/aromatic N) is 2. The topological polar surface area (TPSA) is 53.2 Å². The molecule has 90 valence electrons. The molecule has 0 aliphatic heterocycles. The van der Waals surface area contributed by atoms with Gasteiger partial charge < -0.3 is 0 Å². The lowest BCUT2D eigenvalue weighted by Crippen LogP contribution is -2.01. The molecule has 0 N–H and O–H groups in total. The molecule has 0 heterocycles. The number of hydrogen-bond acceptors (Lipinski definition) is 3. The summed E-state index contributed by atoms with van der Waals surface area (Å²) in [5.41, 5.74) is 0. The second kappa shape index (κ2) is 5.34. The average molecular weight is 321 g/mol. The summed E-state index contributed by atoms with van der Waals surface area (Å²) in [5, 5.41) is 8.77. The number of rotatable bonds is 2. The van der Waals surface area contributed by atoms with E-state index in [9.17, 15) is 4.21 Å². The van der Waals surface area contributed by atoms with Crippen molar-refractivity contribution in [2.75, 3.05) is 0 Å². The van der Waals surface area contributed by atoms with E-state index >= 15 is 0 Å². The Kier molecular flexibility index (Phi) is 3.80. The van der Waals surface area contributed by atoms with Gasteiger partial charge >= 0.3 is 0 Å². The number of hydrogen-bond donors (Lipinski definition) is 0. The summed E-state index contributed by atoms with van der Waals surface area (Å²) in [4.78, 5) is 1.06. The molecule has 0 radical (unpaired) electrons. The monoisotopic (exact) mass is 320 g/mol. The van der Waals surface area contributed by atoms with Gasteiger partial charge in [0.2, 0.25) is 6.19 Å². The van der Waals surface area contributed by atoms with Gasteiger partial charge in [0.05, 0.1) is 9.79 Å². The molecule has 1 atom stereocenters. The quantitative estimate of drug-likeness (QED) is 0.790. The first-order valence-electron chi connectivity index (χ1n) is 5.13. The van der Waals surface area contributed by atoms with Crippen molar-refractivity contribution in [2.45, 2.75) is 9.79 Å². The molecule has 0 aliphatic rings. The van der Waals surface area contributed by atoms with Crippen molar-refractivity contribution in [1.29, 1.82) is 5.26 Å². The van der Waals surface area contributed by atoms with Crippen LogP contribution in [0.15, 0.2) is 73.2 Å². The fourth-order valence-electron chi connectivity index (χ4n) is 1.52. The van der Waals surface area contributed by atoms with Crippen molar-refractivity contribution in [3.8, 4) is 6.19 Å². The summed E-state index contributed by atoms with van der Waals surface area (Å²) < 4.78 is 17.4. The normalized spacial score (nSPS) is 13.3. The summed E-state index contributed by atoms with van der Waals surface area (Å²) in [7, 11) is -2.87. The Bertz CT molecular complexity index is 696. The van der Waals surface area contributed by atoms with Crippen molar-refractivity contribution in [3.05, 3.63) is 59.1 Å². The first-order chi connectivity index (χ1) is 8.66. The Morgan fingerprint density at radius 2 is 1.56 bits per heavy atom. The Hall–Kier alpha value is -1.64. The average Bonchev–Trinajstić information content (AvgIpc) is 2.40. The molecule has 0 aromatic heterocycles. The lowest BCUT2D eigenvalue weighted by atomic mass is 10.4. The summed E-state index contributed by atoms with van der Waals surface area (Å²) >= 11 is 3.32. The lowest BCUT2D eigenvalue weighted by molar-refractivity contribution is 0.676. The van der Waals surface area contributed by atoms with Crippen LogP contribution < -0.4 is 0 Å². The van der Waals surface area contributed by atoms with Gasteiger partial charge in [0, 0.05) is 4.47 Å². The minimum absolute atomic E-state index is 0.526. The minimum atomic E-state index is -2.87. The van der Waals surface area contributed by atoms with Gasteiger partial charge in [0.1, 0.15) is 9.73 Å². The summed E-state index contributed by atoms with van der Waals surface area (Å²) in [5.74, 6) is 0. The van der Waals surface area contributed by atoms with E-state index in [0.717, 1.165) is 4.47 Å². The van der Waals surface area contributed by atoms with E-state index in [2.05, 4.69) is 20.3 Å². The third kappa shape index (κ3) is 2.45. The Balaban J connectivity index is 2.68. The minimum Gasteiger partial charge on any atom is -0.239 e. The molecule has 1 unspecified atom stereocenters. The van der Waals surface area contributed by atoms with E-state index in [-0.39, 0.29) is 0 Å². The first-order valence-corrected chi connectivity index (χ1v) is 7.43. The first kappa shape index (κ1) is 12.8. The van der Waals surface area contributed by atoms with E-state index in [1.54, 1.807) is 54.7 Å². The van der Waals surface area contributed by atoms with Crippen LogP contribution in [0.2, 0.25) is 0 Å². The molecule has 0 saturated carbocycles. The van der Waals surface area contributed by atoms with Crippen LogP contribution in [0, 0.1) is 11.5 Å². The Morgan fingerprint density at radius 1 is 1.00 bits per heavy atom. The Morgan fingerprint density at radius 3 is 2.11 bits per heavy atom. The fraction of sp³-hybridized carbons (Fsp3) is 0. The molecular weight excluding hydrogens is 312 g/mol. The standard InChI is InChI=1S/C13H9BrN2OS/c14-11-6-8-13(9-7-11)18(17,16-10-15)12-4-2-1-3-5-12/h1-9H. The van der Waals surface area contributed by atoms with Gasteiger partial charge in [-0.1, -0.05) is 34.1 Å². The zero-order valence-electron chi connectivity index (χ0n) is 9.29. The molecule has 0 aliphatic carbocycles. The molecule has 0 bridgehead atoms. The smallest absolute Gasteiger partial charge is 0.215 e. The van der Waals surface area contributed by atoms with E-state index in [1.165, 1.54) is 0 Å². The van der Waals surface area contributed by atoms with Crippen LogP contribution in [0.4, 0.5) is 0 Å². The van der Waals surface area contributed by atoms with E-state index in [4.69, 9.17) is 5.26 Å². The van der Waals surface area contributed by atoms with Crippen molar-refractivity contribution in [3.63, 3.8) is 0 Å². The number of benzene rings is 2. The zero-order chi connectivity index (χ0) is 13.0. The van der Waals surface area contributed by atoms with Gasteiger partial charge in [0.25, 0.3) is 0 Å². The predicted octanol–water partition coefficient (Wildman–Crippen LogP) is 3.82. The zero-order valence-corrected chi connectivity index (χ0v) is 11.7. The maximum Gasteiger partial charge on any atom is 0.215 e. The van der Waals surface area contributed by atoms with Crippen LogP contribution in [0.5, 0.6) is 0 Å². The second-order valence-corrected chi connectivity index (χ2v) is 6.58. The fourth-order valence-corrected chi connectivity index (χ4v) is 3.42. The van der Waals surface area contributed by atoms with Crippen molar-refractivity contribution in [2.24, 2.45) is 4.36 Å². The van der Waals surface area contributed by atoms with Gasteiger partial charge in [-0.05, 0) is 36.4 Å². The third-order valence-electron chi connectivity index (χ3n) is 2.37. The molecule has 5 heteroatoms. The summed E-state index contributed by atoms with van der Waals surface area (Å²) in [6.07, 6.45) is 1.66. The van der Waals surface area contributed by atoms with Crippen molar-refractivity contribution in [1.82, 2.24) is 0 Å². The van der Waals surface area contributed by atoms with Crippen molar-refractivity contribution >= 4 is 25.7 Å². The molecule has 0 spiro atoms. The van der Waals surface area contributed by atoms with Crippen LogP contribution in [0.1, 0.15) is 0 Å². The van der Waals surface area contributed by atoms with Crippen LogP contribution in [-0.2, 0) is 9.73 Å². The van der Waals surface area contributed by atoms with Gasteiger partial charge in [-0.25, -0.2) is 4.21 Å². The van der Waals surface area contributed by atoms with E-state index in [0.29, 0.717) is 9.79 Å². The second-order valence-electron chi connectivity index (χ2n) is 3.48. The Labute approximate surface area is 114 Å². The van der Waals surface area contributed by atoms with Gasteiger partial charge in [-0.2, -0.15) is 5.26 Å². The van der Waals surface area contributed by atoms with Crippen LogP contribution in [-0.4, -0.2) is 4.21 Å². The SMILES string of the molecule is N#CN=S(=O)(c1ccccc1)c1ccc(Br)cc1. The number of halogens is 1. The highest BCUT2D eigenvalue weighted by Gasteiger charge is 2.15. The predicted molar refractivity (Wildman–Crippen MR) is 73.3 cm³/mol. The van der Waals surface area contributed by atoms with E-state index < -0.39 is 9.73 Å². The largest absolute Gasteiger partial charge is 0.239 e. The third-order valence-corrected chi connectivity index (χ3v) is 5.05. The molecule has 2 rings (SSSR count). The van der Waals surface area contributed by atoms with Gasteiger partial charge in [-0.15, -0.1) is 4.36 Å². The molecule has 0 amide bonds. The molecule has 2 aromatic rings. The van der Waals surface area contributed by atoms with Crippen LogP contribution in [0.25, 0.3) is 0 Å². The highest BCUT2D eigenvalue weighted by atomic mass is 79.9. The molecule has 0 fully saturated rings. The van der Waals surface area contributed by atoms with Gasteiger partial charge in [-0.3, -0.25) is 0 Å². The van der Waals surface area contributed by atoms with Crippen LogP contribution >= 0.6 is 15.9 Å². The van der Waals surface area contributed by atoms with Crippen LogP contribution in [0.3, 0.4) is 0 Å². The maximum absolute atomic E-state index is 12.9. The van der Waals surface area contributed by atoms with Crippen molar-refractivity contribution < 1.29 is 4.21 Å². The maximum atomic E-state index is 12.9.